The zero-order valence-electron chi connectivity index (χ0n) is 12.8. The minimum Gasteiger partial charge on any atom is -0.459 e. The summed E-state index contributed by atoms with van der Waals surface area (Å²) in [5, 5.41) is 22.4. The molecule has 1 aromatic heterocycles. The maximum absolute atomic E-state index is 11.7. The second kappa shape index (κ2) is 7.88. The molecule has 0 spiro atoms. The maximum atomic E-state index is 11.7. The van der Waals surface area contributed by atoms with Gasteiger partial charge in [0.05, 0.1) is 17.6 Å². The van der Waals surface area contributed by atoms with E-state index in [-0.39, 0.29) is 36.1 Å². The van der Waals surface area contributed by atoms with E-state index in [9.17, 15) is 14.9 Å². The van der Waals surface area contributed by atoms with Crippen molar-refractivity contribution in [2.75, 3.05) is 25.6 Å². The van der Waals surface area contributed by atoms with Gasteiger partial charge in [-0.1, -0.05) is 0 Å². The molecule has 2 aromatic rings. The number of aliphatic hydroxyl groups is 1. The van der Waals surface area contributed by atoms with Crippen LogP contribution in [0.3, 0.4) is 0 Å². The number of pyridine rings is 1. The summed E-state index contributed by atoms with van der Waals surface area (Å²) in [6.45, 7) is -0.424. The lowest BCUT2D eigenvalue weighted by Crippen LogP contribution is -2.10. The second-order valence-electron chi connectivity index (χ2n) is 4.52. The summed E-state index contributed by atoms with van der Waals surface area (Å²) in [5.41, 5.74) is 0.226. The predicted molar refractivity (Wildman–Crippen MR) is 84.3 cm³/mol. The average molecular weight is 333 g/mol. The molecule has 126 valence electrons. The van der Waals surface area contributed by atoms with E-state index in [2.05, 4.69) is 10.3 Å². The number of aromatic nitrogens is 1. The van der Waals surface area contributed by atoms with Gasteiger partial charge in [-0.25, -0.2) is 9.78 Å². The van der Waals surface area contributed by atoms with Gasteiger partial charge in [0.1, 0.15) is 23.8 Å². The summed E-state index contributed by atoms with van der Waals surface area (Å²) in [5.74, 6) is -0.194. The molecule has 0 saturated heterocycles. The monoisotopic (exact) mass is 333 g/mol. The molecule has 0 amide bonds. The van der Waals surface area contributed by atoms with E-state index in [4.69, 9.17) is 14.6 Å². The van der Waals surface area contributed by atoms with Gasteiger partial charge in [-0.2, -0.15) is 0 Å². The van der Waals surface area contributed by atoms with Crippen LogP contribution in [0.5, 0.6) is 11.5 Å². The van der Waals surface area contributed by atoms with Crippen molar-refractivity contribution < 1.29 is 24.3 Å². The van der Waals surface area contributed by atoms with Crippen LogP contribution in [-0.2, 0) is 4.74 Å². The number of hydrogen-bond acceptors (Lipinski definition) is 8. The molecule has 9 heteroatoms. The van der Waals surface area contributed by atoms with Gasteiger partial charge in [-0.3, -0.25) is 10.1 Å². The van der Waals surface area contributed by atoms with Crippen LogP contribution < -0.4 is 10.1 Å². The van der Waals surface area contributed by atoms with Gasteiger partial charge in [0.2, 0.25) is 0 Å². The fourth-order valence-electron chi connectivity index (χ4n) is 1.87. The molecule has 2 N–H and O–H groups in total. The Labute approximate surface area is 137 Å². The molecule has 1 aromatic carbocycles. The van der Waals surface area contributed by atoms with Crippen LogP contribution in [0.1, 0.15) is 10.5 Å². The fraction of sp³-hybridized carbons (Fsp3) is 0.200. The fourth-order valence-corrected chi connectivity index (χ4v) is 1.87. The summed E-state index contributed by atoms with van der Waals surface area (Å²) in [7, 11) is 1.58. The molecule has 0 aliphatic rings. The van der Waals surface area contributed by atoms with Gasteiger partial charge in [0.25, 0.3) is 5.69 Å². The van der Waals surface area contributed by atoms with Crippen molar-refractivity contribution in [1.29, 1.82) is 0 Å². The van der Waals surface area contributed by atoms with Gasteiger partial charge < -0.3 is 19.9 Å². The summed E-state index contributed by atoms with van der Waals surface area (Å²) < 4.78 is 10.3. The maximum Gasteiger partial charge on any atom is 0.357 e. The topological polar surface area (TPSA) is 124 Å². The van der Waals surface area contributed by atoms with Crippen LogP contribution in [0.2, 0.25) is 0 Å². The third-order valence-electron chi connectivity index (χ3n) is 2.94. The Balaban J connectivity index is 2.21. The van der Waals surface area contributed by atoms with Crippen LogP contribution >= 0.6 is 0 Å². The number of anilines is 1. The summed E-state index contributed by atoms with van der Waals surface area (Å²) in [6, 6.07) is 7.20. The van der Waals surface area contributed by atoms with Gasteiger partial charge in [-0.15, -0.1) is 0 Å². The van der Waals surface area contributed by atoms with Crippen molar-refractivity contribution in [3.63, 3.8) is 0 Å². The summed E-state index contributed by atoms with van der Waals surface area (Å²) in [4.78, 5) is 26.1. The Bertz CT molecular complexity index is 750. The van der Waals surface area contributed by atoms with Gasteiger partial charge >= 0.3 is 5.97 Å². The number of benzene rings is 1. The highest BCUT2D eigenvalue weighted by Gasteiger charge is 2.15. The molecule has 24 heavy (non-hydrogen) atoms. The minimum absolute atomic E-state index is 0.00212. The highest BCUT2D eigenvalue weighted by Crippen LogP contribution is 2.31. The Morgan fingerprint density at radius 2 is 2.08 bits per heavy atom. The summed E-state index contributed by atoms with van der Waals surface area (Å²) >= 11 is 0. The molecule has 1 heterocycles. The van der Waals surface area contributed by atoms with E-state index in [0.717, 1.165) is 0 Å². The molecule has 0 fully saturated rings. The number of carbonyl (C=O) groups is 1. The van der Waals surface area contributed by atoms with Crippen LogP contribution in [-0.4, -0.2) is 41.2 Å². The van der Waals surface area contributed by atoms with Crippen molar-refractivity contribution in [2.24, 2.45) is 0 Å². The number of nitrogens with one attached hydrogen (secondary N) is 1. The largest absolute Gasteiger partial charge is 0.459 e. The smallest absolute Gasteiger partial charge is 0.357 e. The van der Waals surface area contributed by atoms with Crippen LogP contribution in [0.25, 0.3) is 0 Å². The number of hydrogen-bond donors (Lipinski definition) is 2. The molecule has 0 aliphatic heterocycles. The van der Waals surface area contributed by atoms with Crippen molar-refractivity contribution >= 4 is 17.3 Å². The highest BCUT2D eigenvalue weighted by molar-refractivity contribution is 5.87. The average Bonchev–Trinajstić information content (AvgIpc) is 2.59. The number of carbonyl (C=O) groups excluding carboxylic acids is 1. The zero-order chi connectivity index (χ0) is 17.5. The number of rotatable bonds is 7. The minimum atomic E-state index is -0.703. The molecule has 0 aliphatic carbocycles. The normalized spacial score (nSPS) is 10.1. The van der Waals surface area contributed by atoms with Gasteiger partial charge in [0, 0.05) is 19.3 Å². The molecule has 0 radical (unpaired) electrons. The Hall–Kier alpha value is -3.20. The predicted octanol–water partition coefficient (Wildman–Crippen LogP) is 1.97. The molecule has 9 nitrogen and oxygen atoms in total. The Morgan fingerprint density at radius 1 is 1.33 bits per heavy atom. The lowest BCUT2D eigenvalue weighted by Gasteiger charge is -2.08. The summed E-state index contributed by atoms with van der Waals surface area (Å²) in [6.07, 6.45) is 1.35. The molecule has 0 atom stereocenters. The third kappa shape index (κ3) is 4.17. The number of esters is 1. The van der Waals surface area contributed by atoms with E-state index < -0.39 is 10.9 Å². The lowest BCUT2D eigenvalue weighted by atomic mass is 10.2. The van der Waals surface area contributed by atoms with E-state index in [0.29, 0.717) is 5.69 Å². The number of ether oxygens (including phenoxy) is 2. The molecule has 0 unspecified atom stereocenters. The van der Waals surface area contributed by atoms with E-state index in [1.54, 1.807) is 13.1 Å². The van der Waals surface area contributed by atoms with E-state index >= 15 is 0 Å². The van der Waals surface area contributed by atoms with Crippen molar-refractivity contribution in [3.05, 3.63) is 52.3 Å². The Kier molecular flexibility index (Phi) is 5.63. The van der Waals surface area contributed by atoms with E-state index in [1.807, 2.05) is 0 Å². The number of nitro benzene ring substituents is 1. The number of nitro groups is 1. The molecule has 0 bridgehead atoms. The van der Waals surface area contributed by atoms with Crippen molar-refractivity contribution in [2.45, 2.75) is 0 Å². The number of nitrogens with zero attached hydrogens (tertiary/aromatic N) is 2. The molecular formula is C15H15N3O6. The Morgan fingerprint density at radius 3 is 2.75 bits per heavy atom. The zero-order valence-corrected chi connectivity index (χ0v) is 12.8. The SMILES string of the molecule is CNc1ccc(Oc2ccnc(C(=O)OCCO)c2)cc1[N+](=O)[O-]. The number of aliphatic hydroxyl groups excluding tert-OH is 1. The standard InChI is InChI=1S/C15H15N3O6/c1-16-12-3-2-10(9-14(12)18(21)22)24-11-4-5-17-13(8-11)15(20)23-7-6-19/h2-5,8-9,16,19H,6-7H2,1H3. The van der Waals surface area contributed by atoms with Crippen LogP contribution in [0, 0.1) is 10.1 Å². The second-order valence-corrected chi connectivity index (χ2v) is 4.52. The first-order chi connectivity index (χ1) is 11.5. The van der Waals surface area contributed by atoms with Crippen LogP contribution in [0.4, 0.5) is 11.4 Å². The van der Waals surface area contributed by atoms with E-state index in [1.165, 1.54) is 30.5 Å². The lowest BCUT2D eigenvalue weighted by molar-refractivity contribution is -0.384. The molecular weight excluding hydrogens is 318 g/mol. The van der Waals surface area contributed by atoms with Crippen molar-refractivity contribution in [3.8, 4) is 11.5 Å². The third-order valence-corrected chi connectivity index (χ3v) is 2.94. The first kappa shape index (κ1) is 17.2. The first-order valence-corrected chi connectivity index (χ1v) is 6.93. The molecule has 0 saturated carbocycles. The molecule has 2 rings (SSSR count). The quantitative estimate of drug-likeness (QED) is 0.448. The highest BCUT2D eigenvalue weighted by atomic mass is 16.6. The van der Waals surface area contributed by atoms with Crippen LogP contribution in [0.15, 0.2) is 36.5 Å². The van der Waals surface area contributed by atoms with Gasteiger partial charge in [-0.05, 0) is 18.2 Å². The van der Waals surface area contributed by atoms with Gasteiger partial charge in [0.15, 0.2) is 5.69 Å². The first-order valence-electron chi connectivity index (χ1n) is 6.93. The van der Waals surface area contributed by atoms with Crippen molar-refractivity contribution in [1.82, 2.24) is 4.98 Å².